The number of esters is 1. The summed E-state index contributed by atoms with van der Waals surface area (Å²) in [5.41, 5.74) is 2.19. The molecular formula is C13H17NO2. The highest BCUT2D eigenvalue weighted by molar-refractivity contribution is 5.82. The fraction of sp³-hybridized carbons (Fsp3) is 0.308. The van der Waals surface area contributed by atoms with Gasteiger partial charge >= 0.3 is 5.97 Å². The van der Waals surface area contributed by atoms with Gasteiger partial charge in [0, 0.05) is 19.2 Å². The van der Waals surface area contributed by atoms with Crippen LogP contribution in [0.15, 0.2) is 42.0 Å². The van der Waals surface area contributed by atoms with Crippen LogP contribution in [0.5, 0.6) is 0 Å². The molecule has 0 unspecified atom stereocenters. The molecule has 0 bridgehead atoms. The fourth-order valence-electron chi connectivity index (χ4n) is 1.31. The van der Waals surface area contributed by atoms with Gasteiger partial charge in [0.25, 0.3) is 0 Å². The molecule has 1 aromatic carbocycles. The van der Waals surface area contributed by atoms with Gasteiger partial charge in [-0.3, -0.25) is 0 Å². The number of nitrogens with one attached hydrogen (secondary N) is 1. The van der Waals surface area contributed by atoms with Crippen LogP contribution in [0.2, 0.25) is 0 Å². The average molecular weight is 219 g/mol. The van der Waals surface area contributed by atoms with Gasteiger partial charge < -0.3 is 10.1 Å². The SMILES string of the molecule is COC(=O)/C=C(/C)CNCc1ccccc1. The Balaban J connectivity index is 2.31. The van der Waals surface area contributed by atoms with Gasteiger partial charge in [0.05, 0.1) is 7.11 Å². The van der Waals surface area contributed by atoms with Crippen LogP contribution in [-0.4, -0.2) is 19.6 Å². The molecule has 0 amide bonds. The lowest BCUT2D eigenvalue weighted by Crippen LogP contribution is -2.16. The average Bonchev–Trinajstić information content (AvgIpc) is 2.30. The van der Waals surface area contributed by atoms with Crippen LogP contribution in [0.1, 0.15) is 12.5 Å². The molecule has 0 aliphatic heterocycles. The van der Waals surface area contributed by atoms with Crippen molar-refractivity contribution in [2.24, 2.45) is 0 Å². The molecular weight excluding hydrogens is 202 g/mol. The van der Waals surface area contributed by atoms with Crippen molar-refractivity contribution in [1.82, 2.24) is 5.32 Å². The number of ether oxygens (including phenoxy) is 1. The number of methoxy groups -OCH3 is 1. The van der Waals surface area contributed by atoms with Gasteiger partial charge in [-0.2, -0.15) is 0 Å². The van der Waals surface area contributed by atoms with Gasteiger partial charge in [0.15, 0.2) is 0 Å². The van der Waals surface area contributed by atoms with E-state index in [2.05, 4.69) is 22.2 Å². The first-order valence-corrected chi connectivity index (χ1v) is 5.22. The zero-order valence-electron chi connectivity index (χ0n) is 9.69. The highest BCUT2D eigenvalue weighted by atomic mass is 16.5. The first-order chi connectivity index (χ1) is 7.72. The Morgan fingerprint density at radius 3 is 2.69 bits per heavy atom. The Hall–Kier alpha value is -1.61. The minimum absolute atomic E-state index is 0.306. The molecule has 86 valence electrons. The molecule has 1 aromatic rings. The Morgan fingerprint density at radius 2 is 2.06 bits per heavy atom. The van der Waals surface area contributed by atoms with E-state index >= 15 is 0 Å². The number of benzene rings is 1. The molecule has 0 saturated carbocycles. The standard InChI is InChI=1S/C13H17NO2/c1-11(8-13(15)16-2)9-14-10-12-6-4-3-5-7-12/h3-8,14H,9-10H2,1-2H3/b11-8-. The van der Waals surface area contributed by atoms with E-state index in [0.29, 0.717) is 6.54 Å². The lowest BCUT2D eigenvalue weighted by Gasteiger charge is -2.04. The van der Waals surface area contributed by atoms with Crippen LogP contribution in [-0.2, 0) is 16.1 Å². The molecule has 0 spiro atoms. The quantitative estimate of drug-likeness (QED) is 0.607. The minimum Gasteiger partial charge on any atom is -0.466 e. The molecule has 0 fully saturated rings. The third-order valence-corrected chi connectivity index (χ3v) is 2.14. The molecule has 0 aliphatic carbocycles. The van der Waals surface area contributed by atoms with E-state index in [-0.39, 0.29) is 5.97 Å². The van der Waals surface area contributed by atoms with Gasteiger partial charge in [0.2, 0.25) is 0 Å². The van der Waals surface area contributed by atoms with E-state index < -0.39 is 0 Å². The predicted octanol–water partition coefficient (Wildman–Crippen LogP) is 1.90. The number of carbonyl (C=O) groups excluding carboxylic acids is 1. The first-order valence-electron chi connectivity index (χ1n) is 5.22. The summed E-state index contributed by atoms with van der Waals surface area (Å²) >= 11 is 0. The molecule has 0 aliphatic rings. The van der Waals surface area contributed by atoms with E-state index in [4.69, 9.17) is 0 Å². The maximum atomic E-state index is 10.9. The third-order valence-electron chi connectivity index (χ3n) is 2.14. The summed E-state index contributed by atoms with van der Waals surface area (Å²) in [7, 11) is 1.38. The summed E-state index contributed by atoms with van der Waals surface area (Å²) in [6, 6.07) is 10.1. The summed E-state index contributed by atoms with van der Waals surface area (Å²) in [5.74, 6) is -0.306. The largest absolute Gasteiger partial charge is 0.466 e. The van der Waals surface area contributed by atoms with Crippen molar-refractivity contribution >= 4 is 5.97 Å². The summed E-state index contributed by atoms with van der Waals surface area (Å²) < 4.78 is 4.54. The minimum atomic E-state index is -0.306. The Labute approximate surface area is 96.1 Å². The lowest BCUT2D eigenvalue weighted by atomic mass is 10.2. The van der Waals surface area contributed by atoms with Crippen LogP contribution in [0.25, 0.3) is 0 Å². The van der Waals surface area contributed by atoms with Gasteiger partial charge in [-0.25, -0.2) is 4.79 Å². The van der Waals surface area contributed by atoms with E-state index in [0.717, 1.165) is 12.1 Å². The normalized spacial score (nSPS) is 11.2. The highest BCUT2D eigenvalue weighted by Gasteiger charge is 1.96. The fourth-order valence-corrected chi connectivity index (χ4v) is 1.31. The van der Waals surface area contributed by atoms with Crippen molar-refractivity contribution in [2.45, 2.75) is 13.5 Å². The van der Waals surface area contributed by atoms with Gasteiger partial charge in [0.1, 0.15) is 0 Å². The highest BCUT2D eigenvalue weighted by Crippen LogP contribution is 1.98. The summed E-state index contributed by atoms with van der Waals surface area (Å²) in [5, 5.41) is 3.25. The number of carbonyl (C=O) groups is 1. The smallest absolute Gasteiger partial charge is 0.330 e. The molecule has 0 heterocycles. The molecule has 1 rings (SSSR count). The van der Waals surface area contributed by atoms with Gasteiger partial charge in [-0.05, 0) is 12.5 Å². The van der Waals surface area contributed by atoms with Crippen molar-refractivity contribution in [1.29, 1.82) is 0 Å². The van der Waals surface area contributed by atoms with Crippen LogP contribution in [0, 0.1) is 0 Å². The Kier molecular flexibility index (Phi) is 5.29. The molecule has 0 atom stereocenters. The van der Waals surface area contributed by atoms with E-state index in [1.165, 1.54) is 18.7 Å². The van der Waals surface area contributed by atoms with Crippen molar-refractivity contribution in [3.63, 3.8) is 0 Å². The van der Waals surface area contributed by atoms with E-state index in [1.54, 1.807) is 0 Å². The maximum Gasteiger partial charge on any atom is 0.330 e. The second-order valence-electron chi connectivity index (χ2n) is 3.60. The van der Waals surface area contributed by atoms with Crippen molar-refractivity contribution < 1.29 is 9.53 Å². The molecule has 1 N–H and O–H groups in total. The second kappa shape index (κ2) is 6.80. The van der Waals surface area contributed by atoms with Crippen molar-refractivity contribution in [3.8, 4) is 0 Å². The lowest BCUT2D eigenvalue weighted by molar-refractivity contribution is -0.134. The van der Waals surface area contributed by atoms with Crippen LogP contribution in [0.4, 0.5) is 0 Å². The predicted molar refractivity (Wildman–Crippen MR) is 63.9 cm³/mol. The number of rotatable bonds is 5. The van der Waals surface area contributed by atoms with Crippen LogP contribution >= 0.6 is 0 Å². The monoisotopic (exact) mass is 219 g/mol. The molecule has 0 radical (unpaired) electrons. The topological polar surface area (TPSA) is 38.3 Å². The summed E-state index contributed by atoms with van der Waals surface area (Å²) in [6.45, 7) is 3.38. The van der Waals surface area contributed by atoms with Crippen molar-refractivity contribution in [3.05, 3.63) is 47.5 Å². The number of hydrogen-bond acceptors (Lipinski definition) is 3. The number of hydrogen-bond donors (Lipinski definition) is 1. The van der Waals surface area contributed by atoms with E-state index in [9.17, 15) is 4.79 Å². The van der Waals surface area contributed by atoms with Crippen molar-refractivity contribution in [2.75, 3.05) is 13.7 Å². The molecule has 3 nitrogen and oxygen atoms in total. The molecule has 16 heavy (non-hydrogen) atoms. The van der Waals surface area contributed by atoms with E-state index in [1.807, 2.05) is 25.1 Å². The second-order valence-corrected chi connectivity index (χ2v) is 3.60. The molecule has 3 heteroatoms. The first kappa shape index (κ1) is 12.5. The maximum absolute atomic E-state index is 10.9. The molecule has 0 aromatic heterocycles. The van der Waals surface area contributed by atoms with Gasteiger partial charge in [-0.1, -0.05) is 35.9 Å². The van der Waals surface area contributed by atoms with Crippen LogP contribution in [0.3, 0.4) is 0 Å². The summed E-state index contributed by atoms with van der Waals surface area (Å²) in [4.78, 5) is 10.9. The zero-order chi connectivity index (χ0) is 11.8. The summed E-state index contributed by atoms with van der Waals surface area (Å²) in [6.07, 6.45) is 1.50. The Bertz CT molecular complexity index is 357. The zero-order valence-corrected chi connectivity index (χ0v) is 9.69. The third kappa shape index (κ3) is 4.75. The van der Waals surface area contributed by atoms with Crippen LogP contribution < -0.4 is 5.32 Å². The molecule has 0 saturated heterocycles. The van der Waals surface area contributed by atoms with Gasteiger partial charge in [-0.15, -0.1) is 0 Å². The Morgan fingerprint density at radius 1 is 1.38 bits per heavy atom.